The van der Waals surface area contributed by atoms with Crippen LogP contribution in [-0.2, 0) is 9.53 Å². The van der Waals surface area contributed by atoms with Crippen LogP contribution in [0.2, 0.25) is 0 Å². The van der Waals surface area contributed by atoms with Crippen LogP contribution in [0.25, 0.3) is 0 Å². The Morgan fingerprint density at radius 2 is 1.86 bits per heavy atom. The van der Waals surface area contributed by atoms with Gasteiger partial charge in [-0.3, -0.25) is 4.79 Å². The maximum atomic E-state index is 13.4. The number of carbonyl (C=O) groups is 2. The molecule has 0 spiro atoms. The van der Waals surface area contributed by atoms with Gasteiger partial charge in [0, 0.05) is 10.2 Å². The number of hydrogen-bond acceptors (Lipinski definition) is 3. The molecule has 0 saturated heterocycles. The smallest absolute Gasteiger partial charge is 0.338 e. The van der Waals surface area contributed by atoms with E-state index in [1.54, 1.807) is 31.2 Å². The summed E-state index contributed by atoms with van der Waals surface area (Å²) < 4.78 is 19.1. The lowest BCUT2D eigenvalue weighted by Crippen LogP contribution is -2.21. The van der Waals surface area contributed by atoms with E-state index in [9.17, 15) is 14.0 Å². The van der Waals surface area contributed by atoms with Crippen molar-refractivity contribution in [3.05, 3.63) is 63.9 Å². The van der Waals surface area contributed by atoms with Crippen molar-refractivity contribution >= 4 is 33.5 Å². The van der Waals surface area contributed by atoms with E-state index in [0.717, 1.165) is 10.5 Å². The van der Waals surface area contributed by atoms with Crippen LogP contribution in [0, 0.1) is 12.7 Å². The molecule has 22 heavy (non-hydrogen) atoms. The lowest BCUT2D eigenvalue weighted by Gasteiger charge is -2.07. The van der Waals surface area contributed by atoms with Crippen molar-refractivity contribution in [3.8, 4) is 0 Å². The number of anilines is 1. The highest BCUT2D eigenvalue weighted by Crippen LogP contribution is 2.14. The van der Waals surface area contributed by atoms with Crippen LogP contribution in [0.4, 0.5) is 10.1 Å². The molecule has 2 aromatic rings. The van der Waals surface area contributed by atoms with Crippen LogP contribution in [0.1, 0.15) is 15.9 Å². The number of amides is 1. The van der Waals surface area contributed by atoms with Gasteiger partial charge in [0.15, 0.2) is 6.61 Å². The van der Waals surface area contributed by atoms with Gasteiger partial charge < -0.3 is 10.1 Å². The fourth-order valence-electron chi connectivity index (χ4n) is 1.66. The first kappa shape index (κ1) is 16.2. The Labute approximate surface area is 135 Å². The van der Waals surface area contributed by atoms with Crippen LogP contribution in [-0.4, -0.2) is 18.5 Å². The minimum absolute atomic E-state index is 0.0690. The average Bonchev–Trinajstić information content (AvgIpc) is 2.50. The van der Waals surface area contributed by atoms with E-state index in [4.69, 9.17) is 4.74 Å². The standard InChI is InChI=1S/C16H13BrFNO3/c1-10-2-3-11(8-14(10)18)16(21)22-9-15(20)19-13-6-4-12(17)5-7-13/h2-8H,9H2,1H3,(H,19,20). The number of halogens is 2. The predicted molar refractivity (Wildman–Crippen MR) is 84.2 cm³/mol. The lowest BCUT2D eigenvalue weighted by atomic mass is 10.1. The number of rotatable bonds is 4. The van der Waals surface area contributed by atoms with Gasteiger partial charge in [0.2, 0.25) is 0 Å². The Kier molecular flexibility index (Phi) is 5.27. The molecule has 6 heteroatoms. The highest BCUT2D eigenvalue weighted by atomic mass is 79.9. The van der Waals surface area contributed by atoms with E-state index in [2.05, 4.69) is 21.2 Å². The zero-order chi connectivity index (χ0) is 16.1. The Morgan fingerprint density at radius 3 is 2.50 bits per heavy atom. The molecule has 0 atom stereocenters. The second-order valence-electron chi connectivity index (χ2n) is 4.60. The molecule has 0 unspecified atom stereocenters. The van der Waals surface area contributed by atoms with E-state index in [1.165, 1.54) is 12.1 Å². The largest absolute Gasteiger partial charge is 0.452 e. The molecule has 0 heterocycles. The molecule has 114 valence electrons. The molecular weight excluding hydrogens is 353 g/mol. The van der Waals surface area contributed by atoms with Crippen molar-refractivity contribution in [2.24, 2.45) is 0 Å². The van der Waals surface area contributed by atoms with Gasteiger partial charge in [-0.15, -0.1) is 0 Å². The van der Waals surface area contributed by atoms with Crippen molar-refractivity contribution in [1.29, 1.82) is 0 Å². The van der Waals surface area contributed by atoms with Gasteiger partial charge in [-0.25, -0.2) is 9.18 Å². The van der Waals surface area contributed by atoms with Gasteiger partial charge in [-0.05, 0) is 48.9 Å². The molecule has 0 radical (unpaired) electrons. The van der Waals surface area contributed by atoms with Crippen LogP contribution in [0.5, 0.6) is 0 Å². The average molecular weight is 366 g/mol. The van der Waals surface area contributed by atoms with Gasteiger partial charge in [0.05, 0.1) is 5.56 Å². The third-order valence-corrected chi connectivity index (χ3v) is 3.40. The zero-order valence-electron chi connectivity index (χ0n) is 11.7. The monoisotopic (exact) mass is 365 g/mol. The van der Waals surface area contributed by atoms with Crippen molar-refractivity contribution in [1.82, 2.24) is 0 Å². The highest BCUT2D eigenvalue weighted by Gasteiger charge is 2.12. The minimum atomic E-state index is -0.746. The molecule has 0 aliphatic rings. The number of nitrogens with one attached hydrogen (secondary N) is 1. The van der Waals surface area contributed by atoms with Crippen molar-refractivity contribution in [2.45, 2.75) is 6.92 Å². The molecule has 0 aromatic heterocycles. The minimum Gasteiger partial charge on any atom is -0.452 e. The number of aryl methyl sites for hydroxylation is 1. The maximum Gasteiger partial charge on any atom is 0.338 e. The van der Waals surface area contributed by atoms with Crippen molar-refractivity contribution in [3.63, 3.8) is 0 Å². The summed E-state index contributed by atoms with van der Waals surface area (Å²) in [5, 5.41) is 2.59. The molecular formula is C16H13BrFNO3. The number of carbonyl (C=O) groups excluding carboxylic acids is 2. The molecule has 1 N–H and O–H groups in total. The third kappa shape index (κ3) is 4.39. The summed E-state index contributed by atoms with van der Waals surface area (Å²) in [6.07, 6.45) is 0. The predicted octanol–water partition coefficient (Wildman–Crippen LogP) is 3.69. The van der Waals surface area contributed by atoms with Crippen molar-refractivity contribution < 1.29 is 18.7 Å². The van der Waals surface area contributed by atoms with Gasteiger partial charge in [-0.1, -0.05) is 22.0 Å². The second kappa shape index (κ2) is 7.17. The quantitative estimate of drug-likeness (QED) is 0.840. The van der Waals surface area contributed by atoms with Crippen LogP contribution >= 0.6 is 15.9 Å². The summed E-state index contributed by atoms with van der Waals surface area (Å²) in [4.78, 5) is 23.4. The molecule has 0 aliphatic heterocycles. The molecule has 4 nitrogen and oxygen atoms in total. The van der Waals surface area contributed by atoms with E-state index in [0.29, 0.717) is 11.3 Å². The Morgan fingerprint density at radius 1 is 1.18 bits per heavy atom. The fraction of sp³-hybridized carbons (Fsp3) is 0.125. The Balaban J connectivity index is 1.88. The SMILES string of the molecule is Cc1ccc(C(=O)OCC(=O)Nc2ccc(Br)cc2)cc1F. The number of benzene rings is 2. The summed E-state index contributed by atoms with van der Waals surface area (Å²) in [6.45, 7) is 1.15. The van der Waals surface area contributed by atoms with Gasteiger partial charge in [0.25, 0.3) is 5.91 Å². The van der Waals surface area contributed by atoms with E-state index < -0.39 is 24.3 Å². The highest BCUT2D eigenvalue weighted by molar-refractivity contribution is 9.10. The Bertz CT molecular complexity index is 701. The first-order valence-electron chi connectivity index (χ1n) is 6.44. The topological polar surface area (TPSA) is 55.4 Å². The van der Waals surface area contributed by atoms with E-state index in [-0.39, 0.29) is 5.56 Å². The summed E-state index contributed by atoms with van der Waals surface area (Å²) in [6, 6.07) is 11.0. The normalized spacial score (nSPS) is 10.1. The van der Waals surface area contributed by atoms with Crippen LogP contribution < -0.4 is 5.32 Å². The van der Waals surface area contributed by atoms with Crippen molar-refractivity contribution in [2.75, 3.05) is 11.9 Å². The second-order valence-corrected chi connectivity index (χ2v) is 5.51. The number of ether oxygens (including phenoxy) is 1. The first-order chi connectivity index (χ1) is 10.5. The maximum absolute atomic E-state index is 13.4. The molecule has 0 saturated carbocycles. The third-order valence-electron chi connectivity index (χ3n) is 2.87. The van der Waals surface area contributed by atoms with Gasteiger partial charge in [-0.2, -0.15) is 0 Å². The van der Waals surface area contributed by atoms with E-state index >= 15 is 0 Å². The molecule has 2 rings (SSSR count). The van der Waals surface area contributed by atoms with Gasteiger partial charge >= 0.3 is 5.97 Å². The molecule has 0 aliphatic carbocycles. The molecule has 2 aromatic carbocycles. The molecule has 0 fully saturated rings. The van der Waals surface area contributed by atoms with Crippen LogP contribution in [0.3, 0.4) is 0 Å². The summed E-state index contributed by atoms with van der Waals surface area (Å²) >= 11 is 3.29. The molecule has 1 amide bonds. The lowest BCUT2D eigenvalue weighted by molar-refractivity contribution is -0.119. The summed E-state index contributed by atoms with van der Waals surface area (Å²) in [5.74, 6) is -1.71. The van der Waals surface area contributed by atoms with Crippen LogP contribution in [0.15, 0.2) is 46.9 Å². The number of hydrogen-bond donors (Lipinski definition) is 1. The summed E-state index contributed by atoms with van der Waals surface area (Å²) in [5.41, 5.74) is 1.09. The first-order valence-corrected chi connectivity index (χ1v) is 7.23. The molecule has 0 bridgehead atoms. The number of esters is 1. The summed E-state index contributed by atoms with van der Waals surface area (Å²) in [7, 11) is 0. The zero-order valence-corrected chi connectivity index (χ0v) is 13.3. The van der Waals surface area contributed by atoms with E-state index in [1.807, 2.05) is 0 Å². The van der Waals surface area contributed by atoms with Gasteiger partial charge in [0.1, 0.15) is 5.82 Å². The fourth-order valence-corrected chi connectivity index (χ4v) is 1.93. The Hall–Kier alpha value is -2.21.